The minimum atomic E-state index is -3.80. The van der Waals surface area contributed by atoms with Crippen molar-refractivity contribution in [3.05, 3.63) is 94.0 Å². The van der Waals surface area contributed by atoms with Crippen LogP contribution in [0.15, 0.2) is 65.6 Å². The Hall–Kier alpha value is -3.49. The van der Waals surface area contributed by atoms with Crippen molar-refractivity contribution in [2.75, 3.05) is 18.5 Å². The summed E-state index contributed by atoms with van der Waals surface area (Å²) in [6.45, 7) is 5.94. The van der Waals surface area contributed by atoms with Gasteiger partial charge in [0.25, 0.3) is 5.91 Å². The van der Waals surface area contributed by atoms with Crippen molar-refractivity contribution in [1.82, 2.24) is 4.31 Å². The summed E-state index contributed by atoms with van der Waals surface area (Å²) >= 11 is 0. The lowest BCUT2D eigenvalue weighted by molar-refractivity contribution is -0.119. The van der Waals surface area contributed by atoms with E-state index in [-0.39, 0.29) is 17.0 Å². The zero-order valence-electron chi connectivity index (χ0n) is 20.0. The number of nitrogens with one attached hydrogen (secondary N) is 1. The van der Waals surface area contributed by atoms with E-state index in [2.05, 4.69) is 5.32 Å². The van der Waals surface area contributed by atoms with Crippen molar-refractivity contribution < 1.29 is 22.7 Å². The third-order valence-electron chi connectivity index (χ3n) is 6.08. The second-order valence-corrected chi connectivity index (χ2v) is 10.7. The van der Waals surface area contributed by atoms with Crippen LogP contribution in [0.3, 0.4) is 0 Å². The fraction of sp³-hybridized carbons (Fsp3) is 0.259. The van der Waals surface area contributed by atoms with Crippen LogP contribution in [0.4, 0.5) is 5.69 Å². The van der Waals surface area contributed by atoms with E-state index in [1.807, 2.05) is 57.2 Å². The van der Waals surface area contributed by atoms with Crippen molar-refractivity contribution in [3.8, 4) is 0 Å². The van der Waals surface area contributed by atoms with E-state index >= 15 is 0 Å². The van der Waals surface area contributed by atoms with Crippen LogP contribution < -0.4 is 5.32 Å². The third-order valence-corrected chi connectivity index (χ3v) is 7.92. The molecule has 35 heavy (non-hydrogen) atoms. The topological polar surface area (TPSA) is 92.8 Å². The van der Waals surface area contributed by atoms with Crippen molar-refractivity contribution in [2.24, 2.45) is 0 Å². The molecule has 0 spiro atoms. The van der Waals surface area contributed by atoms with Gasteiger partial charge in [0.15, 0.2) is 6.61 Å². The molecule has 0 aromatic heterocycles. The highest BCUT2D eigenvalue weighted by atomic mass is 32.2. The summed E-state index contributed by atoms with van der Waals surface area (Å²) in [6, 6.07) is 17.4. The van der Waals surface area contributed by atoms with Crippen LogP contribution in [0.2, 0.25) is 0 Å². The Bertz CT molecular complexity index is 1380. The number of aryl methyl sites for hydroxylation is 3. The molecule has 182 valence electrons. The fourth-order valence-corrected chi connectivity index (χ4v) is 5.84. The maximum atomic E-state index is 13.2. The predicted molar refractivity (Wildman–Crippen MR) is 134 cm³/mol. The van der Waals surface area contributed by atoms with Gasteiger partial charge in [-0.15, -0.1) is 0 Å². The van der Waals surface area contributed by atoms with Crippen LogP contribution in [0.5, 0.6) is 0 Å². The second-order valence-electron chi connectivity index (χ2n) is 8.78. The number of ether oxygens (including phenoxy) is 1. The Morgan fingerprint density at radius 3 is 2.34 bits per heavy atom. The lowest BCUT2D eigenvalue weighted by Gasteiger charge is -2.28. The van der Waals surface area contributed by atoms with Gasteiger partial charge in [-0.25, -0.2) is 13.2 Å². The average molecular weight is 493 g/mol. The van der Waals surface area contributed by atoms with E-state index in [0.717, 1.165) is 27.8 Å². The van der Waals surface area contributed by atoms with Crippen LogP contribution in [0.1, 0.15) is 38.2 Å². The van der Waals surface area contributed by atoms with E-state index in [1.165, 1.54) is 28.6 Å². The standard InChI is InChI=1S/C27H28N2O5S/c1-18-13-19(2)26(20(3)14-18)28-25(30)17-34-27(31)22-9-6-10-24(15-22)35(32,33)29-12-11-21-7-4-5-8-23(21)16-29/h4-10,13-15H,11-12,16-17H2,1-3H3,(H,28,30). The number of rotatable bonds is 6. The van der Waals surface area contributed by atoms with Crippen molar-refractivity contribution in [3.63, 3.8) is 0 Å². The first-order valence-corrected chi connectivity index (χ1v) is 12.8. The van der Waals surface area contributed by atoms with E-state index in [4.69, 9.17) is 4.74 Å². The minimum absolute atomic E-state index is 0.0155. The monoisotopic (exact) mass is 492 g/mol. The average Bonchev–Trinajstić information content (AvgIpc) is 2.84. The SMILES string of the molecule is Cc1cc(C)c(NC(=O)COC(=O)c2cccc(S(=O)(=O)N3CCc4ccccc4C3)c2)c(C)c1. The number of nitrogens with zero attached hydrogens (tertiary/aromatic N) is 1. The fourth-order valence-electron chi connectivity index (χ4n) is 4.37. The molecule has 0 unspecified atom stereocenters. The number of hydrogen-bond acceptors (Lipinski definition) is 5. The first-order valence-electron chi connectivity index (χ1n) is 11.4. The highest BCUT2D eigenvalue weighted by molar-refractivity contribution is 7.89. The normalized spacial score (nSPS) is 13.7. The first kappa shape index (κ1) is 24.6. The van der Waals surface area contributed by atoms with Gasteiger partial charge in [0.2, 0.25) is 10.0 Å². The Morgan fingerprint density at radius 2 is 1.63 bits per heavy atom. The molecule has 4 rings (SSSR count). The zero-order chi connectivity index (χ0) is 25.2. The van der Waals surface area contributed by atoms with Gasteiger partial charge < -0.3 is 10.1 Å². The van der Waals surface area contributed by atoms with Gasteiger partial charge in [0.05, 0.1) is 10.5 Å². The zero-order valence-corrected chi connectivity index (χ0v) is 20.8. The van der Waals surface area contributed by atoms with E-state index in [0.29, 0.717) is 18.7 Å². The number of anilines is 1. The summed E-state index contributed by atoms with van der Waals surface area (Å²) in [6.07, 6.45) is 0.631. The molecule has 1 N–H and O–H groups in total. The smallest absolute Gasteiger partial charge is 0.338 e. The Labute approximate surface area is 205 Å². The van der Waals surface area contributed by atoms with E-state index in [9.17, 15) is 18.0 Å². The molecular weight excluding hydrogens is 464 g/mol. The number of benzene rings is 3. The molecule has 0 fully saturated rings. The van der Waals surface area contributed by atoms with Crippen molar-refractivity contribution in [1.29, 1.82) is 0 Å². The van der Waals surface area contributed by atoms with Crippen LogP contribution >= 0.6 is 0 Å². The molecule has 0 saturated heterocycles. The molecule has 3 aromatic carbocycles. The highest BCUT2D eigenvalue weighted by Crippen LogP contribution is 2.26. The Morgan fingerprint density at radius 1 is 0.943 bits per heavy atom. The largest absolute Gasteiger partial charge is 0.452 e. The second kappa shape index (κ2) is 10.0. The molecule has 0 radical (unpaired) electrons. The molecule has 1 heterocycles. The number of sulfonamides is 1. The van der Waals surface area contributed by atoms with Crippen LogP contribution in [0.25, 0.3) is 0 Å². The summed E-state index contributed by atoms with van der Waals surface area (Å²) in [5.74, 6) is -1.23. The summed E-state index contributed by atoms with van der Waals surface area (Å²) in [7, 11) is -3.80. The number of amides is 1. The molecule has 0 saturated carbocycles. The number of carbonyl (C=O) groups is 2. The first-order chi connectivity index (χ1) is 16.6. The molecule has 3 aromatic rings. The molecule has 7 nitrogen and oxygen atoms in total. The lowest BCUT2D eigenvalue weighted by atomic mass is 10.0. The maximum Gasteiger partial charge on any atom is 0.338 e. The molecule has 1 aliphatic heterocycles. The maximum absolute atomic E-state index is 13.2. The van der Waals surface area contributed by atoms with Crippen LogP contribution in [0, 0.1) is 20.8 Å². The van der Waals surface area contributed by atoms with E-state index in [1.54, 1.807) is 0 Å². The molecule has 0 atom stereocenters. The quantitative estimate of drug-likeness (QED) is 0.522. The van der Waals surface area contributed by atoms with Gasteiger partial charge in [-0.1, -0.05) is 48.0 Å². The molecule has 1 aliphatic rings. The molecular formula is C27H28N2O5S. The third kappa shape index (κ3) is 5.44. The molecule has 8 heteroatoms. The summed E-state index contributed by atoms with van der Waals surface area (Å²) in [5, 5.41) is 2.78. The molecule has 0 bridgehead atoms. The van der Waals surface area contributed by atoms with Crippen LogP contribution in [-0.2, 0) is 32.5 Å². The Balaban J connectivity index is 1.42. The highest BCUT2D eigenvalue weighted by Gasteiger charge is 2.29. The molecule has 0 aliphatic carbocycles. The van der Waals surface area contributed by atoms with E-state index < -0.39 is 28.5 Å². The van der Waals surface area contributed by atoms with Gasteiger partial charge in [-0.2, -0.15) is 4.31 Å². The van der Waals surface area contributed by atoms with Gasteiger partial charge in [0, 0.05) is 18.8 Å². The number of hydrogen-bond donors (Lipinski definition) is 1. The number of fused-ring (bicyclic) bond motifs is 1. The minimum Gasteiger partial charge on any atom is -0.452 e. The number of carbonyl (C=O) groups excluding carboxylic acids is 2. The van der Waals surface area contributed by atoms with Gasteiger partial charge in [0.1, 0.15) is 0 Å². The van der Waals surface area contributed by atoms with Crippen molar-refractivity contribution in [2.45, 2.75) is 38.6 Å². The predicted octanol–water partition coefficient (Wildman–Crippen LogP) is 4.15. The number of esters is 1. The summed E-state index contributed by atoms with van der Waals surface area (Å²) in [4.78, 5) is 25.0. The summed E-state index contributed by atoms with van der Waals surface area (Å²) in [5.41, 5.74) is 5.80. The van der Waals surface area contributed by atoms with Gasteiger partial charge in [-0.3, -0.25) is 4.79 Å². The van der Waals surface area contributed by atoms with Gasteiger partial charge in [-0.05, 0) is 67.6 Å². The van der Waals surface area contributed by atoms with Crippen LogP contribution in [-0.4, -0.2) is 37.8 Å². The Kier molecular flexibility index (Phi) is 7.05. The molecule has 1 amide bonds. The van der Waals surface area contributed by atoms with Crippen molar-refractivity contribution >= 4 is 27.6 Å². The summed E-state index contributed by atoms with van der Waals surface area (Å²) < 4.78 is 33.1. The van der Waals surface area contributed by atoms with Gasteiger partial charge >= 0.3 is 5.97 Å². The lowest BCUT2D eigenvalue weighted by Crippen LogP contribution is -2.36.